The third-order valence-corrected chi connectivity index (χ3v) is 7.92. The number of nitrogens with zero attached hydrogens (tertiary/aromatic N) is 2. The number of nitrogens with two attached hydrogens (primary N) is 1. The Morgan fingerprint density at radius 2 is 2.19 bits per heavy atom. The van der Waals surface area contributed by atoms with Crippen molar-refractivity contribution in [1.82, 2.24) is 15.6 Å². The molecule has 2 aliphatic rings. The van der Waals surface area contributed by atoms with Gasteiger partial charge in [-0.05, 0) is 68.0 Å². The van der Waals surface area contributed by atoms with Crippen LogP contribution in [-0.2, 0) is 12.8 Å². The second kappa shape index (κ2) is 8.71. The lowest BCUT2D eigenvalue weighted by Gasteiger charge is -2.36. The molecule has 2 aromatic heterocycles. The van der Waals surface area contributed by atoms with E-state index in [1.54, 1.807) is 0 Å². The Hall–Kier alpha value is -2.64. The fraction of sp³-hybridized carbons (Fsp3) is 0.440. The molecule has 1 amide bonds. The van der Waals surface area contributed by atoms with Gasteiger partial charge in [-0.15, -0.1) is 11.3 Å². The molecule has 1 aromatic carbocycles. The van der Waals surface area contributed by atoms with E-state index >= 15 is 0 Å². The summed E-state index contributed by atoms with van der Waals surface area (Å²) in [5.74, 6) is -0.0837. The fourth-order valence-electron chi connectivity index (χ4n) is 4.90. The Labute approximate surface area is 193 Å². The van der Waals surface area contributed by atoms with Gasteiger partial charge in [0.1, 0.15) is 9.71 Å². The minimum atomic E-state index is -0.0837. The molecule has 3 heterocycles. The van der Waals surface area contributed by atoms with Gasteiger partial charge in [-0.1, -0.05) is 13.0 Å². The van der Waals surface area contributed by atoms with Crippen LogP contribution in [0.2, 0.25) is 0 Å². The van der Waals surface area contributed by atoms with E-state index in [1.165, 1.54) is 28.2 Å². The van der Waals surface area contributed by atoms with E-state index in [-0.39, 0.29) is 11.9 Å². The van der Waals surface area contributed by atoms with Gasteiger partial charge in [-0.3, -0.25) is 4.79 Å². The van der Waals surface area contributed by atoms with E-state index in [0.29, 0.717) is 16.6 Å². The lowest BCUT2D eigenvalue weighted by molar-refractivity contribution is 0.0938. The molecular formula is C25H31N5OS. The maximum atomic E-state index is 13.0. The zero-order chi connectivity index (χ0) is 22.2. The first-order valence-corrected chi connectivity index (χ1v) is 12.4. The van der Waals surface area contributed by atoms with E-state index in [4.69, 9.17) is 5.73 Å². The lowest BCUT2D eigenvalue weighted by atomic mass is 9.87. The number of fused-ring (bicyclic) bond motifs is 2. The van der Waals surface area contributed by atoms with E-state index in [0.717, 1.165) is 61.2 Å². The minimum absolute atomic E-state index is 0.0837. The Kier molecular flexibility index (Phi) is 5.78. The van der Waals surface area contributed by atoms with Crippen LogP contribution in [0.25, 0.3) is 10.2 Å². The van der Waals surface area contributed by atoms with Crippen LogP contribution in [0.4, 0.5) is 11.4 Å². The third kappa shape index (κ3) is 4.07. The third-order valence-electron chi connectivity index (χ3n) is 6.81. The first-order chi connectivity index (χ1) is 15.5. The summed E-state index contributed by atoms with van der Waals surface area (Å²) >= 11 is 1.38. The highest BCUT2D eigenvalue weighted by Crippen LogP contribution is 2.33. The zero-order valence-electron chi connectivity index (χ0n) is 18.8. The average Bonchev–Trinajstić information content (AvgIpc) is 3.14. The first kappa shape index (κ1) is 21.2. The highest BCUT2D eigenvalue weighted by atomic mass is 32.1. The van der Waals surface area contributed by atoms with Crippen molar-refractivity contribution >= 4 is 38.8 Å². The SMILES string of the molecule is CC[C@H]1CN(c2ccc3c(c2)CC[C@@H](NC(=O)c2sc4nc(C)ccc4c2N)C3)CCN1. The number of hydrogen-bond acceptors (Lipinski definition) is 6. The first-order valence-electron chi connectivity index (χ1n) is 11.6. The van der Waals surface area contributed by atoms with Gasteiger partial charge in [0.2, 0.25) is 0 Å². The highest BCUT2D eigenvalue weighted by molar-refractivity contribution is 7.21. The number of anilines is 2. The molecule has 0 radical (unpaired) electrons. The largest absolute Gasteiger partial charge is 0.397 e. The van der Waals surface area contributed by atoms with Crippen LogP contribution in [0.5, 0.6) is 0 Å². The van der Waals surface area contributed by atoms with Gasteiger partial charge in [0.15, 0.2) is 0 Å². The van der Waals surface area contributed by atoms with Crippen LogP contribution in [0.3, 0.4) is 0 Å². The van der Waals surface area contributed by atoms with Crippen LogP contribution in [0.15, 0.2) is 30.3 Å². The molecule has 5 rings (SSSR count). The van der Waals surface area contributed by atoms with Gasteiger partial charge in [0.25, 0.3) is 5.91 Å². The van der Waals surface area contributed by atoms with E-state index < -0.39 is 0 Å². The molecule has 1 fully saturated rings. The van der Waals surface area contributed by atoms with E-state index in [2.05, 4.69) is 45.6 Å². The van der Waals surface area contributed by atoms with Gasteiger partial charge in [-0.25, -0.2) is 4.98 Å². The number of rotatable bonds is 4. The maximum Gasteiger partial charge on any atom is 0.263 e. The molecule has 1 saturated heterocycles. The van der Waals surface area contributed by atoms with E-state index in [1.807, 2.05) is 19.1 Å². The molecule has 4 N–H and O–H groups in total. The second-order valence-electron chi connectivity index (χ2n) is 9.02. The standard InChI is InChI=1S/C25H31N5OS/c1-3-18-14-30(11-10-27-18)20-8-6-16-12-19(7-5-17(16)13-20)29-24(31)23-22(26)21-9-4-15(2)28-25(21)32-23/h4,6,8-9,13,18-19,27H,3,5,7,10-12,14,26H2,1-2H3,(H,29,31)/t18-,19+/m0/s1. The van der Waals surface area contributed by atoms with Crippen molar-refractivity contribution < 1.29 is 4.79 Å². The summed E-state index contributed by atoms with van der Waals surface area (Å²) < 4.78 is 0. The molecule has 2 atom stereocenters. The fourth-order valence-corrected chi connectivity index (χ4v) is 5.95. The monoisotopic (exact) mass is 449 g/mol. The smallest absolute Gasteiger partial charge is 0.263 e. The number of hydrogen-bond donors (Lipinski definition) is 3. The van der Waals surface area contributed by atoms with Gasteiger partial charge >= 0.3 is 0 Å². The van der Waals surface area contributed by atoms with Crippen LogP contribution in [-0.4, -0.2) is 42.6 Å². The summed E-state index contributed by atoms with van der Waals surface area (Å²) in [5.41, 5.74) is 11.8. The van der Waals surface area contributed by atoms with Gasteiger partial charge < -0.3 is 21.3 Å². The second-order valence-corrected chi connectivity index (χ2v) is 10.0. The molecule has 7 heteroatoms. The van der Waals surface area contributed by atoms with Crippen molar-refractivity contribution in [2.75, 3.05) is 30.3 Å². The van der Waals surface area contributed by atoms with Crippen molar-refractivity contribution in [3.8, 4) is 0 Å². The number of amides is 1. The topological polar surface area (TPSA) is 83.3 Å². The molecule has 1 aliphatic carbocycles. The number of aryl methyl sites for hydroxylation is 2. The molecule has 0 saturated carbocycles. The van der Waals surface area contributed by atoms with Gasteiger partial charge in [-0.2, -0.15) is 0 Å². The zero-order valence-corrected chi connectivity index (χ0v) is 19.6. The molecule has 32 heavy (non-hydrogen) atoms. The van der Waals surface area contributed by atoms with Crippen LogP contribution >= 0.6 is 11.3 Å². The van der Waals surface area contributed by atoms with E-state index in [9.17, 15) is 4.79 Å². The van der Waals surface area contributed by atoms with Crippen LogP contribution in [0, 0.1) is 6.92 Å². The number of carbonyl (C=O) groups excluding carboxylic acids is 1. The summed E-state index contributed by atoms with van der Waals surface area (Å²) in [5, 5.41) is 7.68. The number of nitrogens with one attached hydrogen (secondary N) is 2. The number of thiophene rings is 1. The van der Waals surface area contributed by atoms with Crippen molar-refractivity contribution in [3.63, 3.8) is 0 Å². The number of pyridine rings is 1. The molecule has 168 valence electrons. The maximum absolute atomic E-state index is 13.0. The minimum Gasteiger partial charge on any atom is -0.397 e. The van der Waals surface area contributed by atoms with Gasteiger partial charge in [0, 0.05) is 48.5 Å². The lowest BCUT2D eigenvalue weighted by Crippen LogP contribution is -2.50. The average molecular weight is 450 g/mol. The summed E-state index contributed by atoms with van der Waals surface area (Å²) in [6.45, 7) is 7.36. The Morgan fingerprint density at radius 1 is 1.31 bits per heavy atom. The Bertz CT molecular complexity index is 1160. The summed E-state index contributed by atoms with van der Waals surface area (Å²) in [4.78, 5) is 21.4. The summed E-state index contributed by atoms with van der Waals surface area (Å²) in [7, 11) is 0. The Balaban J connectivity index is 1.28. The normalized spacial score (nSPS) is 20.9. The van der Waals surface area contributed by atoms with Crippen LogP contribution in [0.1, 0.15) is 46.3 Å². The van der Waals surface area contributed by atoms with Crippen molar-refractivity contribution in [2.45, 2.75) is 51.6 Å². The van der Waals surface area contributed by atoms with Crippen molar-refractivity contribution in [2.24, 2.45) is 0 Å². The number of benzene rings is 1. The molecule has 3 aromatic rings. The highest BCUT2D eigenvalue weighted by Gasteiger charge is 2.25. The van der Waals surface area contributed by atoms with Crippen molar-refractivity contribution in [1.29, 1.82) is 0 Å². The molecule has 0 unspecified atom stereocenters. The molecule has 0 spiro atoms. The molecular weight excluding hydrogens is 418 g/mol. The molecule has 6 nitrogen and oxygen atoms in total. The number of piperazine rings is 1. The quantitative estimate of drug-likeness (QED) is 0.566. The number of carbonyl (C=O) groups is 1. The predicted molar refractivity (Wildman–Crippen MR) is 133 cm³/mol. The van der Waals surface area contributed by atoms with Gasteiger partial charge in [0.05, 0.1) is 5.69 Å². The molecule has 0 bridgehead atoms. The summed E-state index contributed by atoms with van der Waals surface area (Å²) in [6.07, 6.45) is 3.95. The van der Waals surface area contributed by atoms with Crippen LogP contribution < -0.4 is 21.3 Å². The number of nitrogen functional groups attached to an aromatic ring is 1. The van der Waals surface area contributed by atoms with Crippen molar-refractivity contribution in [3.05, 3.63) is 52.0 Å². The number of aromatic nitrogens is 1. The molecule has 1 aliphatic heterocycles. The predicted octanol–water partition coefficient (Wildman–Crippen LogP) is 3.66. The Morgan fingerprint density at radius 3 is 3.03 bits per heavy atom. The summed E-state index contributed by atoms with van der Waals surface area (Å²) in [6, 6.07) is 11.5.